The summed E-state index contributed by atoms with van der Waals surface area (Å²) in [4.78, 5) is 25.6. The van der Waals surface area contributed by atoms with Gasteiger partial charge in [0.15, 0.2) is 0 Å². The van der Waals surface area contributed by atoms with Crippen LogP contribution in [0.5, 0.6) is 0 Å². The minimum atomic E-state index is -0.917. The van der Waals surface area contributed by atoms with E-state index in [1.807, 2.05) is 72.8 Å². The fourth-order valence-electron chi connectivity index (χ4n) is 3.25. The van der Waals surface area contributed by atoms with Gasteiger partial charge in [-0.1, -0.05) is 78.9 Å². The van der Waals surface area contributed by atoms with Gasteiger partial charge in [0.05, 0.1) is 7.11 Å². The van der Waals surface area contributed by atoms with Crippen molar-refractivity contribution < 1.29 is 14.3 Å². The third kappa shape index (κ3) is 5.09. The van der Waals surface area contributed by atoms with Gasteiger partial charge in [0.25, 0.3) is 5.91 Å². The minimum absolute atomic E-state index is 0.274. The molecule has 5 nitrogen and oxygen atoms in total. The summed E-state index contributed by atoms with van der Waals surface area (Å²) in [5.74, 6) is 5.20. The maximum absolute atomic E-state index is 13.2. The van der Waals surface area contributed by atoms with Crippen LogP contribution in [0.25, 0.3) is 0 Å². The Labute approximate surface area is 170 Å². The van der Waals surface area contributed by atoms with Crippen LogP contribution in [0, 0.1) is 0 Å². The maximum Gasteiger partial charge on any atom is 0.330 e. The van der Waals surface area contributed by atoms with Gasteiger partial charge in [-0.2, -0.15) is 0 Å². The summed E-state index contributed by atoms with van der Waals surface area (Å²) in [7, 11) is 1.29. The molecule has 29 heavy (non-hydrogen) atoms. The number of amides is 1. The Balaban J connectivity index is 1.86. The van der Waals surface area contributed by atoms with Gasteiger partial charge in [-0.05, 0) is 29.2 Å². The first-order valence-electron chi connectivity index (χ1n) is 9.42. The first kappa shape index (κ1) is 20.3. The van der Waals surface area contributed by atoms with Gasteiger partial charge in [0.1, 0.15) is 6.04 Å². The molecule has 0 saturated carbocycles. The van der Waals surface area contributed by atoms with E-state index in [2.05, 4.69) is 0 Å². The molecule has 1 atom stereocenters. The average molecular weight is 388 g/mol. The molecule has 0 aliphatic carbocycles. The van der Waals surface area contributed by atoms with E-state index in [1.165, 1.54) is 7.11 Å². The summed E-state index contributed by atoms with van der Waals surface area (Å²) in [6, 6.07) is 25.7. The van der Waals surface area contributed by atoms with E-state index < -0.39 is 17.9 Å². The van der Waals surface area contributed by atoms with Crippen molar-refractivity contribution in [3.8, 4) is 0 Å². The highest BCUT2D eigenvalue weighted by atomic mass is 16.5. The third-order valence-corrected chi connectivity index (χ3v) is 4.80. The molecule has 0 aliphatic rings. The quantitative estimate of drug-likeness (QED) is 0.291. The molecule has 5 heteroatoms. The Bertz CT molecular complexity index is 958. The van der Waals surface area contributed by atoms with Crippen LogP contribution < -0.4 is 5.84 Å². The van der Waals surface area contributed by atoms with Gasteiger partial charge in [0.2, 0.25) is 0 Å². The lowest BCUT2D eigenvalue weighted by atomic mass is 9.98. The number of esters is 1. The van der Waals surface area contributed by atoms with Crippen LogP contribution in [-0.2, 0) is 22.4 Å². The van der Waals surface area contributed by atoms with E-state index in [1.54, 1.807) is 12.1 Å². The molecule has 0 aromatic heterocycles. The number of nitrogens with two attached hydrogens (primary N) is 1. The highest BCUT2D eigenvalue weighted by molar-refractivity contribution is 5.97. The number of rotatable bonds is 7. The second-order valence-electron chi connectivity index (χ2n) is 6.76. The number of methoxy groups -OCH3 is 1. The number of nitrogens with zero attached hydrogens (tertiary/aromatic N) is 1. The monoisotopic (exact) mass is 388 g/mol. The van der Waals surface area contributed by atoms with Crippen molar-refractivity contribution in [3.63, 3.8) is 0 Å². The Kier molecular flexibility index (Phi) is 6.76. The molecule has 2 N–H and O–H groups in total. The van der Waals surface area contributed by atoms with Gasteiger partial charge < -0.3 is 4.74 Å². The highest BCUT2D eigenvalue weighted by Crippen LogP contribution is 2.18. The van der Waals surface area contributed by atoms with Crippen LogP contribution in [0.2, 0.25) is 0 Å². The van der Waals surface area contributed by atoms with Crippen LogP contribution in [0.15, 0.2) is 84.9 Å². The third-order valence-electron chi connectivity index (χ3n) is 4.80. The van der Waals surface area contributed by atoms with E-state index in [0.717, 1.165) is 21.7 Å². The molecular formula is C24H24N2O3. The molecule has 1 amide bonds. The molecule has 0 spiro atoms. The molecule has 0 aliphatic heterocycles. The van der Waals surface area contributed by atoms with E-state index in [-0.39, 0.29) is 6.42 Å². The van der Waals surface area contributed by atoms with Crippen LogP contribution in [0.4, 0.5) is 0 Å². The number of hydrogen-bond donors (Lipinski definition) is 1. The zero-order valence-electron chi connectivity index (χ0n) is 16.3. The molecule has 0 fully saturated rings. The number of ether oxygens (including phenoxy) is 1. The number of benzene rings is 3. The van der Waals surface area contributed by atoms with Crippen molar-refractivity contribution in [3.05, 3.63) is 107 Å². The molecule has 3 aromatic carbocycles. The summed E-state index contributed by atoms with van der Waals surface area (Å²) in [6.45, 7) is 0. The van der Waals surface area contributed by atoms with E-state index in [4.69, 9.17) is 10.6 Å². The summed E-state index contributed by atoms with van der Waals surface area (Å²) in [5, 5.41) is 0.989. The van der Waals surface area contributed by atoms with Crippen molar-refractivity contribution in [2.24, 2.45) is 5.84 Å². The van der Waals surface area contributed by atoms with Gasteiger partial charge in [-0.25, -0.2) is 10.6 Å². The van der Waals surface area contributed by atoms with Crippen LogP contribution in [0.1, 0.15) is 27.0 Å². The summed E-state index contributed by atoms with van der Waals surface area (Å²) in [6.07, 6.45) is 0.870. The SMILES string of the molecule is COC(=O)[C@H](Cc1ccccc1)N(N)C(=O)c1ccccc1Cc1ccccc1. The standard InChI is InChI=1S/C24H24N2O3/c1-29-24(28)22(17-19-12-6-3-7-13-19)26(25)23(27)21-15-9-8-14-20(21)16-18-10-4-2-5-11-18/h2-15,22H,16-17,25H2,1H3/t22-/m0/s1. The molecule has 3 aromatic rings. The summed E-state index contributed by atoms with van der Waals surface area (Å²) in [5.41, 5.74) is 3.30. The minimum Gasteiger partial charge on any atom is -0.467 e. The van der Waals surface area contributed by atoms with Crippen molar-refractivity contribution in [2.45, 2.75) is 18.9 Å². The highest BCUT2D eigenvalue weighted by Gasteiger charge is 2.30. The average Bonchev–Trinajstić information content (AvgIpc) is 2.78. The number of hydrazine groups is 1. The Morgan fingerprint density at radius 1 is 0.862 bits per heavy atom. The van der Waals surface area contributed by atoms with Crippen LogP contribution in [-0.4, -0.2) is 30.0 Å². The lowest BCUT2D eigenvalue weighted by molar-refractivity contribution is -0.146. The summed E-state index contributed by atoms with van der Waals surface area (Å²) < 4.78 is 4.90. The predicted octanol–water partition coefficient (Wildman–Crippen LogP) is 3.38. The Morgan fingerprint density at radius 2 is 1.41 bits per heavy atom. The second kappa shape index (κ2) is 9.66. The van der Waals surface area contributed by atoms with Gasteiger partial charge >= 0.3 is 5.97 Å². The van der Waals surface area contributed by atoms with Gasteiger partial charge in [-0.3, -0.25) is 9.80 Å². The van der Waals surface area contributed by atoms with Gasteiger partial charge in [0, 0.05) is 12.0 Å². The van der Waals surface area contributed by atoms with E-state index >= 15 is 0 Å². The maximum atomic E-state index is 13.2. The second-order valence-corrected chi connectivity index (χ2v) is 6.76. The van der Waals surface area contributed by atoms with Gasteiger partial charge in [-0.15, -0.1) is 0 Å². The molecule has 0 radical (unpaired) electrons. The number of hydrogen-bond acceptors (Lipinski definition) is 4. The fourth-order valence-corrected chi connectivity index (χ4v) is 3.25. The first-order chi connectivity index (χ1) is 14.1. The van der Waals surface area contributed by atoms with Crippen molar-refractivity contribution in [1.82, 2.24) is 5.01 Å². The van der Waals surface area contributed by atoms with Crippen LogP contribution in [0.3, 0.4) is 0 Å². The lowest BCUT2D eigenvalue weighted by Crippen LogP contribution is -2.51. The smallest absolute Gasteiger partial charge is 0.330 e. The number of carbonyl (C=O) groups is 2. The zero-order valence-corrected chi connectivity index (χ0v) is 16.3. The van der Waals surface area contributed by atoms with E-state index in [0.29, 0.717) is 12.0 Å². The lowest BCUT2D eigenvalue weighted by Gasteiger charge is -2.26. The summed E-state index contributed by atoms with van der Waals surface area (Å²) >= 11 is 0. The van der Waals surface area contributed by atoms with Crippen molar-refractivity contribution in [2.75, 3.05) is 7.11 Å². The fraction of sp³-hybridized carbons (Fsp3) is 0.167. The Hall–Kier alpha value is -3.44. The van der Waals surface area contributed by atoms with Crippen molar-refractivity contribution in [1.29, 1.82) is 0 Å². The van der Waals surface area contributed by atoms with Crippen LogP contribution >= 0.6 is 0 Å². The van der Waals surface area contributed by atoms with E-state index in [9.17, 15) is 9.59 Å². The molecular weight excluding hydrogens is 364 g/mol. The largest absolute Gasteiger partial charge is 0.467 e. The Morgan fingerprint density at radius 3 is 2.03 bits per heavy atom. The predicted molar refractivity (Wildman–Crippen MR) is 112 cm³/mol. The molecule has 0 heterocycles. The molecule has 0 bridgehead atoms. The normalized spacial score (nSPS) is 11.5. The number of carbonyl (C=O) groups excluding carboxylic acids is 2. The topological polar surface area (TPSA) is 72.6 Å². The molecule has 148 valence electrons. The molecule has 0 saturated heterocycles. The van der Waals surface area contributed by atoms with Crippen molar-refractivity contribution >= 4 is 11.9 Å². The zero-order chi connectivity index (χ0) is 20.6. The molecule has 0 unspecified atom stereocenters. The first-order valence-corrected chi connectivity index (χ1v) is 9.42. The molecule has 3 rings (SSSR count).